The number of aromatic hydroxyl groups is 1. The minimum Gasteiger partial charge on any atom is -0.507 e. The maximum absolute atomic E-state index is 12.5. The molecule has 6 nitrogen and oxygen atoms in total. The summed E-state index contributed by atoms with van der Waals surface area (Å²) in [6.07, 6.45) is 2.53. The second-order valence-corrected chi connectivity index (χ2v) is 6.21. The predicted molar refractivity (Wildman–Crippen MR) is 99.3 cm³/mol. The van der Waals surface area contributed by atoms with E-state index in [1.54, 1.807) is 24.3 Å². The first kappa shape index (κ1) is 17.8. The Balaban J connectivity index is 1.88. The van der Waals surface area contributed by atoms with Crippen LogP contribution in [-0.4, -0.2) is 30.9 Å². The third kappa shape index (κ3) is 3.49. The van der Waals surface area contributed by atoms with Gasteiger partial charge in [0.05, 0.1) is 19.9 Å². The zero-order valence-corrected chi connectivity index (χ0v) is 15.1. The van der Waals surface area contributed by atoms with Crippen LogP contribution in [-0.2, 0) is 6.42 Å². The summed E-state index contributed by atoms with van der Waals surface area (Å²) in [7, 11) is 3.06. The summed E-state index contributed by atoms with van der Waals surface area (Å²) >= 11 is 0. The third-order valence-electron chi connectivity index (χ3n) is 4.56. The molecule has 6 heteroatoms. The van der Waals surface area contributed by atoms with Gasteiger partial charge in [0.2, 0.25) is 0 Å². The van der Waals surface area contributed by atoms with Crippen molar-refractivity contribution in [2.24, 2.45) is 5.10 Å². The van der Waals surface area contributed by atoms with E-state index in [4.69, 9.17) is 9.47 Å². The van der Waals surface area contributed by atoms with Crippen LogP contribution in [0.1, 0.15) is 39.9 Å². The van der Waals surface area contributed by atoms with Crippen LogP contribution in [0.4, 0.5) is 0 Å². The van der Waals surface area contributed by atoms with Crippen LogP contribution in [0.25, 0.3) is 0 Å². The second kappa shape index (κ2) is 7.47. The van der Waals surface area contributed by atoms with E-state index < -0.39 is 0 Å². The molecule has 136 valence electrons. The van der Waals surface area contributed by atoms with Crippen molar-refractivity contribution in [3.05, 3.63) is 52.6 Å². The van der Waals surface area contributed by atoms with E-state index in [2.05, 4.69) is 10.5 Å². The van der Waals surface area contributed by atoms with E-state index >= 15 is 0 Å². The standard InChI is InChI=1S/C20H22N2O4/c1-12-7-8-18(23)19-16(12)5-4-6-17(19)21-22-20(24)13-9-14(25-2)11-15(10-13)26-3/h7-11,23H,4-6H2,1-3H3,(H,22,24)/b21-17+. The molecular weight excluding hydrogens is 332 g/mol. The lowest BCUT2D eigenvalue weighted by Gasteiger charge is -2.21. The average Bonchev–Trinajstić information content (AvgIpc) is 2.68. The fourth-order valence-electron chi connectivity index (χ4n) is 3.17. The van der Waals surface area contributed by atoms with Crippen molar-refractivity contribution in [3.8, 4) is 17.2 Å². The SMILES string of the molecule is COc1cc(OC)cc(C(=O)N/N=C2\CCCc3c(C)ccc(O)c32)c1. The van der Waals surface area contributed by atoms with E-state index in [9.17, 15) is 9.90 Å². The Hall–Kier alpha value is -3.02. The normalized spacial score (nSPS) is 14.7. The summed E-state index contributed by atoms with van der Waals surface area (Å²) < 4.78 is 10.4. The molecule has 0 unspecified atom stereocenters. The van der Waals surface area contributed by atoms with Gasteiger partial charge in [-0.2, -0.15) is 5.10 Å². The summed E-state index contributed by atoms with van der Waals surface area (Å²) in [6, 6.07) is 8.51. The summed E-state index contributed by atoms with van der Waals surface area (Å²) in [5.74, 6) is 0.882. The molecule has 1 aliphatic carbocycles. The molecule has 0 bridgehead atoms. The van der Waals surface area contributed by atoms with E-state index in [1.165, 1.54) is 14.2 Å². The number of hydrogen-bond donors (Lipinski definition) is 2. The lowest BCUT2D eigenvalue weighted by molar-refractivity contribution is 0.0954. The first-order valence-corrected chi connectivity index (χ1v) is 8.45. The van der Waals surface area contributed by atoms with Gasteiger partial charge in [0.15, 0.2) is 0 Å². The molecule has 0 saturated heterocycles. The number of fused-ring (bicyclic) bond motifs is 1. The number of carbonyl (C=O) groups is 1. The molecular formula is C20H22N2O4. The molecule has 0 heterocycles. The van der Waals surface area contributed by atoms with E-state index in [-0.39, 0.29) is 11.7 Å². The smallest absolute Gasteiger partial charge is 0.271 e. The molecule has 0 saturated carbocycles. The summed E-state index contributed by atoms with van der Waals surface area (Å²) in [5, 5.41) is 14.5. The minimum absolute atomic E-state index is 0.196. The van der Waals surface area contributed by atoms with Crippen molar-refractivity contribution in [1.29, 1.82) is 0 Å². The highest BCUT2D eigenvalue weighted by Gasteiger charge is 2.21. The largest absolute Gasteiger partial charge is 0.507 e. The highest BCUT2D eigenvalue weighted by Crippen LogP contribution is 2.31. The number of nitrogens with zero attached hydrogens (tertiary/aromatic N) is 1. The number of rotatable bonds is 4. The van der Waals surface area contributed by atoms with Crippen molar-refractivity contribution in [2.75, 3.05) is 14.2 Å². The van der Waals surface area contributed by atoms with Crippen LogP contribution in [0.3, 0.4) is 0 Å². The van der Waals surface area contributed by atoms with Gasteiger partial charge in [0, 0.05) is 17.2 Å². The van der Waals surface area contributed by atoms with E-state index in [1.807, 2.05) is 13.0 Å². The van der Waals surface area contributed by atoms with Crippen molar-refractivity contribution in [1.82, 2.24) is 5.43 Å². The Morgan fingerprint density at radius 2 is 1.81 bits per heavy atom. The number of methoxy groups -OCH3 is 2. The summed E-state index contributed by atoms with van der Waals surface area (Å²) in [5.41, 5.74) is 6.61. The molecule has 1 amide bonds. The zero-order valence-electron chi connectivity index (χ0n) is 15.1. The number of carbonyl (C=O) groups excluding carboxylic acids is 1. The monoisotopic (exact) mass is 354 g/mol. The fraction of sp³-hybridized carbons (Fsp3) is 0.300. The molecule has 2 aromatic rings. The number of nitrogens with one attached hydrogen (secondary N) is 1. The molecule has 2 N–H and O–H groups in total. The second-order valence-electron chi connectivity index (χ2n) is 6.21. The Labute approximate surface area is 152 Å². The molecule has 0 atom stereocenters. The zero-order chi connectivity index (χ0) is 18.7. The van der Waals surface area contributed by atoms with Crippen LogP contribution < -0.4 is 14.9 Å². The Morgan fingerprint density at radius 1 is 1.12 bits per heavy atom. The van der Waals surface area contributed by atoms with Gasteiger partial charge in [0.25, 0.3) is 5.91 Å². The molecule has 0 aliphatic heterocycles. The van der Waals surface area contributed by atoms with Gasteiger partial charge in [-0.3, -0.25) is 4.79 Å². The number of hydrazone groups is 1. The van der Waals surface area contributed by atoms with Gasteiger partial charge >= 0.3 is 0 Å². The van der Waals surface area contributed by atoms with Gasteiger partial charge < -0.3 is 14.6 Å². The molecule has 1 aliphatic rings. The first-order chi connectivity index (χ1) is 12.5. The highest BCUT2D eigenvalue weighted by molar-refractivity contribution is 6.06. The predicted octanol–water partition coefficient (Wildman–Crippen LogP) is 3.19. The number of aryl methyl sites for hydroxylation is 1. The van der Waals surface area contributed by atoms with Crippen LogP contribution in [0.5, 0.6) is 17.2 Å². The molecule has 0 aromatic heterocycles. The third-order valence-corrected chi connectivity index (χ3v) is 4.56. The summed E-state index contributed by atoms with van der Waals surface area (Å²) in [6.45, 7) is 2.02. The number of ether oxygens (including phenoxy) is 2. The van der Waals surface area contributed by atoms with Crippen molar-refractivity contribution in [2.45, 2.75) is 26.2 Å². The number of phenolic OH excluding ortho intramolecular Hbond substituents is 1. The number of amides is 1. The first-order valence-electron chi connectivity index (χ1n) is 8.45. The van der Waals surface area contributed by atoms with Crippen LogP contribution in [0, 0.1) is 6.92 Å². The number of hydrogen-bond acceptors (Lipinski definition) is 5. The van der Waals surface area contributed by atoms with Gasteiger partial charge in [-0.15, -0.1) is 0 Å². The Morgan fingerprint density at radius 3 is 2.46 bits per heavy atom. The quantitative estimate of drug-likeness (QED) is 0.827. The number of benzene rings is 2. The Bertz CT molecular complexity index is 852. The van der Waals surface area contributed by atoms with Gasteiger partial charge in [-0.05, 0) is 55.5 Å². The van der Waals surface area contributed by atoms with Crippen LogP contribution in [0.15, 0.2) is 35.4 Å². The van der Waals surface area contributed by atoms with Crippen molar-refractivity contribution in [3.63, 3.8) is 0 Å². The van der Waals surface area contributed by atoms with Crippen LogP contribution >= 0.6 is 0 Å². The maximum Gasteiger partial charge on any atom is 0.271 e. The van der Waals surface area contributed by atoms with Crippen molar-refractivity contribution < 1.29 is 19.4 Å². The van der Waals surface area contributed by atoms with Crippen molar-refractivity contribution >= 4 is 11.6 Å². The maximum atomic E-state index is 12.5. The molecule has 2 aromatic carbocycles. The molecule has 3 rings (SSSR count). The topological polar surface area (TPSA) is 80.2 Å². The molecule has 0 spiro atoms. The Kier molecular flexibility index (Phi) is 5.11. The average molecular weight is 354 g/mol. The molecule has 26 heavy (non-hydrogen) atoms. The van der Waals surface area contributed by atoms with Gasteiger partial charge in [0.1, 0.15) is 17.2 Å². The van der Waals surface area contributed by atoms with Crippen LogP contribution in [0.2, 0.25) is 0 Å². The van der Waals surface area contributed by atoms with E-state index in [0.29, 0.717) is 29.2 Å². The number of phenols is 1. The van der Waals surface area contributed by atoms with E-state index in [0.717, 1.165) is 29.5 Å². The van der Waals surface area contributed by atoms with Gasteiger partial charge in [-0.1, -0.05) is 6.07 Å². The molecule has 0 radical (unpaired) electrons. The fourth-order valence-corrected chi connectivity index (χ4v) is 3.17. The lowest BCUT2D eigenvalue weighted by Crippen LogP contribution is -2.22. The van der Waals surface area contributed by atoms with Gasteiger partial charge in [-0.25, -0.2) is 5.43 Å². The summed E-state index contributed by atoms with van der Waals surface area (Å²) in [4.78, 5) is 12.5. The highest BCUT2D eigenvalue weighted by atomic mass is 16.5. The lowest BCUT2D eigenvalue weighted by atomic mass is 9.86. The minimum atomic E-state index is -0.367. The molecule has 0 fully saturated rings.